The van der Waals surface area contributed by atoms with Crippen molar-refractivity contribution in [3.63, 3.8) is 0 Å². The van der Waals surface area contributed by atoms with E-state index in [1.54, 1.807) is 28.4 Å². The molecule has 0 bridgehead atoms. The van der Waals surface area contributed by atoms with Crippen LogP contribution in [0.5, 0.6) is 23.0 Å². The Labute approximate surface area is 204 Å². The molecule has 0 aliphatic carbocycles. The molecular formula is C26H37ClN2O4. The van der Waals surface area contributed by atoms with E-state index < -0.39 is 5.41 Å². The van der Waals surface area contributed by atoms with Gasteiger partial charge in [0.1, 0.15) is 0 Å². The zero-order valence-electron chi connectivity index (χ0n) is 20.8. The highest BCUT2D eigenvalue weighted by molar-refractivity contribution is 5.85. The Hall–Kier alpha value is -2.62. The molecule has 33 heavy (non-hydrogen) atoms. The summed E-state index contributed by atoms with van der Waals surface area (Å²) in [4.78, 5) is 2.27. The van der Waals surface area contributed by atoms with Gasteiger partial charge in [0.25, 0.3) is 0 Å². The molecule has 0 aromatic heterocycles. The van der Waals surface area contributed by atoms with Gasteiger partial charge in [-0.05, 0) is 67.7 Å². The number of rotatable bonds is 12. The van der Waals surface area contributed by atoms with Gasteiger partial charge in [-0.15, -0.1) is 12.4 Å². The molecule has 0 spiro atoms. The Morgan fingerprint density at radius 1 is 0.848 bits per heavy atom. The van der Waals surface area contributed by atoms with Gasteiger partial charge in [0.2, 0.25) is 0 Å². The number of hydrogen-bond donors (Lipinski definition) is 0. The predicted molar refractivity (Wildman–Crippen MR) is 134 cm³/mol. The van der Waals surface area contributed by atoms with Crippen molar-refractivity contribution in [1.29, 1.82) is 5.26 Å². The summed E-state index contributed by atoms with van der Waals surface area (Å²) in [5.41, 5.74) is 1.53. The molecule has 0 aliphatic rings. The van der Waals surface area contributed by atoms with Crippen LogP contribution in [-0.4, -0.2) is 53.5 Å². The standard InChI is InChI=1S/C26H36N2O4.ClH/c1-19(2)26(18-27,21-9-11-23(30-5)25(17-21)32-7)13-15-28(3)14-12-20-8-10-22(29-4)24(16-20)31-6;/h8-11,16-17,19H,12-15H2,1-7H3;1H. The zero-order chi connectivity index (χ0) is 23.7. The van der Waals surface area contributed by atoms with Crippen molar-refractivity contribution in [3.8, 4) is 29.1 Å². The predicted octanol–water partition coefficient (Wildman–Crippen LogP) is 5.12. The molecule has 0 saturated heterocycles. The first-order valence-corrected chi connectivity index (χ1v) is 10.9. The van der Waals surface area contributed by atoms with Gasteiger partial charge in [0, 0.05) is 6.54 Å². The van der Waals surface area contributed by atoms with E-state index in [1.165, 1.54) is 5.56 Å². The normalized spacial score (nSPS) is 12.5. The Bertz CT molecular complexity index is 929. The lowest BCUT2D eigenvalue weighted by atomic mass is 9.70. The molecule has 6 nitrogen and oxygen atoms in total. The first kappa shape index (κ1) is 28.4. The number of ether oxygens (including phenoxy) is 4. The van der Waals surface area contributed by atoms with E-state index in [-0.39, 0.29) is 18.3 Å². The van der Waals surface area contributed by atoms with Gasteiger partial charge in [-0.3, -0.25) is 0 Å². The molecule has 2 aromatic carbocycles. The van der Waals surface area contributed by atoms with Crippen LogP contribution in [0.3, 0.4) is 0 Å². The van der Waals surface area contributed by atoms with Crippen molar-refractivity contribution in [3.05, 3.63) is 47.5 Å². The van der Waals surface area contributed by atoms with Crippen LogP contribution in [0.15, 0.2) is 36.4 Å². The molecule has 2 aromatic rings. The number of halogens is 1. The maximum Gasteiger partial charge on any atom is 0.161 e. The van der Waals surface area contributed by atoms with Gasteiger partial charge >= 0.3 is 0 Å². The lowest BCUT2D eigenvalue weighted by Crippen LogP contribution is -2.35. The Balaban J connectivity index is 0.00000544. The van der Waals surface area contributed by atoms with Crippen LogP contribution < -0.4 is 18.9 Å². The van der Waals surface area contributed by atoms with Crippen molar-refractivity contribution in [2.24, 2.45) is 5.92 Å². The van der Waals surface area contributed by atoms with Crippen LogP contribution >= 0.6 is 12.4 Å². The van der Waals surface area contributed by atoms with Gasteiger partial charge in [-0.1, -0.05) is 26.0 Å². The minimum absolute atomic E-state index is 0. The van der Waals surface area contributed by atoms with E-state index in [0.29, 0.717) is 11.5 Å². The number of nitriles is 1. The third-order valence-electron chi connectivity index (χ3n) is 6.20. The highest BCUT2D eigenvalue weighted by atomic mass is 35.5. The molecule has 0 aliphatic heterocycles. The smallest absolute Gasteiger partial charge is 0.161 e. The summed E-state index contributed by atoms with van der Waals surface area (Å²) in [6.07, 6.45) is 1.60. The van der Waals surface area contributed by atoms with Crippen LogP contribution in [0.25, 0.3) is 0 Å². The van der Waals surface area contributed by atoms with Crippen molar-refractivity contribution < 1.29 is 18.9 Å². The summed E-state index contributed by atoms with van der Waals surface area (Å²) < 4.78 is 21.6. The number of benzene rings is 2. The number of likely N-dealkylation sites (N-methyl/N-ethyl adjacent to an activating group) is 1. The summed E-state index contributed by atoms with van der Waals surface area (Å²) in [6, 6.07) is 14.4. The second-order valence-electron chi connectivity index (χ2n) is 8.30. The fourth-order valence-corrected chi connectivity index (χ4v) is 3.96. The molecule has 0 radical (unpaired) electrons. The van der Waals surface area contributed by atoms with Crippen LogP contribution in [0.1, 0.15) is 31.4 Å². The van der Waals surface area contributed by atoms with E-state index in [2.05, 4.69) is 37.9 Å². The lowest BCUT2D eigenvalue weighted by Gasteiger charge is -2.33. The van der Waals surface area contributed by atoms with E-state index >= 15 is 0 Å². The molecule has 7 heteroatoms. The van der Waals surface area contributed by atoms with Crippen molar-refractivity contribution in [2.45, 2.75) is 32.1 Å². The monoisotopic (exact) mass is 476 g/mol. The highest BCUT2D eigenvalue weighted by Gasteiger charge is 2.36. The Kier molecular flexibility index (Phi) is 11.3. The Morgan fingerprint density at radius 2 is 1.39 bits per heavy atom. The topological polar surface area (TPSA) is 64.0 Å². The summed E-state index contributed by atoms with van der Waals surface area (Å²) >= 11 is 0. The van der Waals surface area contributed by atoms with Crippen LogP contribution in [0, 0.1) is 17.2 Å². The fourth-order valence-electron chi connectivity index (χ4n) is 3.96. The quantitative estimate of drug-likeness (QED) is 0.423. The third kappa shape index (κ3) is 6.69. The molecular weight excluding hydrogens is 440 g/mol. The first-order chi connectivity index (χ1) is 15.3. The van der Waals surface area contributed by atoms with Crippen molar-refractivity contribution >= 4 is 12.4 Å². The first-order valence-electron chi connectivity index (χ1n) is 10.9. The summed E-state index contributed by atoms with van der Waals surface area (Å²) in [6.45, 7) is 5.88. The number of methoxy groups -OCH3 is 4. The Morgan fingerprint density at radius 3 is 1.91 bits per heavy atom. The van der Waals surface area contributed by atoms with Gasteiger partial charge in [-0.2, -0.15) is 5.26 Å². The molecule has 1 unspecified atom stereocenters. The molecule has 182 valence electrons. The van der Waals surface area contributed by atoms with Gasteiger partial charge in [0.05, 0.1) is 39.9 Å². The lowest BCUT2D eigenvalue weighted by molar-refractivity contribution is 0.272. The molecule has 0 amide bonds. The largest absolute Gasteiger partial charge is 0.493 e. The maximum absolute atomic E-state index is 10.3. The van der Waals surface area contributed by atoms with Crippen molar-refractivity contribution in [2.75, 3.05) is 48.6 Å². The minimum atomic E-state index is -0.614. The third-order valence-corrected chi connectivity index (χ3v) is 6.20. The SMILES string of the molecule is COc1ccc(CCN(C)CCC(C#N)(c2ccc(OC)c(OC)c2)C(C)C)cc1OC.Cl. The minimum Gasteiger partial charge on any atom is -0.493 e. The molecule has 0 N–H and O–H groups in total. The second kappa shape index (κ2) is 13.2. The van der Waals surface area contributed by atoms with E-state index in [4.69, 9.17) is 18.9 Å². The van der Waals surface area contributed by atoms with Gasteiger partial charge < -0.3 is 23.8 Å². The fraction of sp³-hybridized carbons (Fsp3) is 0.500. The molecule has 0 heterocycles. The maximum atomic E-state index is 10.3. The highest BCUT2D eigenvalue weighted by Crippen LogP contribution is 2.39. The van der Waals surface area contributed by atoms with Crippen molar-refractivity contribution in [1.82, 2.24) is 4.90 Å². The summed E-state index contributed by atoms with van der Waals surface area (Å²) in [7, 11) is 8.62. The van der Waals surface area contributed by atoms with E-state index in [0.717, 1.165) is 43.0 Å². The average molecular weight is 477 g/mol. The number of nitrogens with zero attached hydrogens (tertiary/aromatic N) is 2. The van der Waals surface area contributed by atoms with Crippen LogP contribution in [0.4, 0.5) is 0 Å². The summed E-state index contributed by atoms with van der Waals surface area (Å²) in [5.74, 6) is 2.93. The molecule has 0 saturated carbocycles. The van der Waals surface area contributed by atoms with Crippen LogP contribution in [-0.2, 0) is 11.8 Å². The van der Waals surface area contributed by atoms with Gasteiger partial charge in [-0.25, -0.2) is 0 Å². The van der Waals surface area contributed by atoms with E-state index in [1.807, 2.05) is 30.3 Å². The molecule has 0 fully saturated rings. The van der Waals surface area contributed by atoms with Gasteiger partial charge in [0.15, 0.2) is 23.0 Å². The summed E-state index contributed by atoms with van der Waals surface area (Å²) in [5, 5.41) is 10.3. The average Bonchev–Trinajstić information content (AvgIpc) is 2.82. The molecule has 2 rings (SSSR count). The molecule has 1 atom stereocenters. The zero-order valence-corrected chi connectivity index (χ0v) is 21.6. The second-order valence-corrected chi connectivity index (χ2v) is 8.30. The number of hydrogen-bond acceptors (Lipinski definition) is 6. The van der Waals surface area contributed by atoms with Crippen LogP contribution in [0.2, 0.25) is 0 Å². The van der Waals surface area contributed by atoms with E-state index in [9.17, 15) is 5.26 Å².